The number of benzene rings is 1. The van der Waals surface area contributed by atoms with Gasteiger partial charge in [-0.3, -0.25) is 0 Å². The van der Waals surface area contributed by atoms with Gasteiger partial charge in [-0.1, -0.05) is 24.4 Å². The van der Waals surface area contributed by atoms with Crippen molar-refractivity contribution in [2.75, 3.05) is 19.8 Å². The highest BCUT2D eigenvalue weighted by Crippen LogP contribution is 2.13. The molecule has 0 fully saturated rings. The number of halogens is 1. The normalized spacial score (nSPS) is 11.7. The Morgan fingerprint density at radius 2 is 1.75 bits per heavy atom. The van der Waals surface area contributed by atoms with Crippen LogP contribution in [0.4, 0.5) is 0 Å². The molecule has 1 N–H and O–H groups in total. The van der Waals surface area contributed by atoms with Gasteiger partial charge < -0.3 is 4.74 Å². The summed E-state index contributed by atoms with van der Waals surface area (Å²) in [6.45, 7) is 3.97. The summed E-state index contributed by atoms with van der Waals surface area (Å²) in [7, 11) is -3.41. The van der Waals surface area contributed by atoms with Crippen LogP contribution < -0.4 is 4.72 Å². The first-order valence-corrected chi connectivity index (χ1v) is 8.75. The third-order valence-electron chi connectivity index (χ3n) is 2.84. The second-order valence-electron chi connectivity index (χ2n) is 4.46. The molecule has 0 aromatic heterocycles. The number of ether oxygens (including phenoxy) is 1. The van der Waals surface area contributed by atoms with Crippen LogP contribution in [-0.2, 0) is 14.8 Å². The molecule has 0 saturated carbocycles. The van der Waals surface area contributed by atoms with E-state index in [4.69, 9.17) is 16.3 Å². The first-order valence-electron chi connectivity index (χ1n) is 6.89. The largest absolute Gasteiger partial charge is 0.382 e. The first kappa shape index (κ1) is 17.4. The van der Waals surface area contributed by atoms with E-state index in [1.54, 1.807) is 12.1 Å². The SMILES string of the molecule is CCOCCCCCCNS(=O)(=O)c1ccc(Cl)cc1. The molecule has 0 amide bonds. The van der Waals surface area contributed by atoms with Gasteiger partial charge in [-0.15, -0.1) is 0 Å². The molecule has 1 aromatic rings. The lowest BCUT2D eigenvalue weighted by Crippen LogP contribution is -2.24. The minimum atomic E-state index is -3.41. The summed E-state index contributed by atoms with van der Waals surface area (Å²) in [6, 6.07) is 6.16. The van der Waals surface area contributed by atoms with Crippen LogP contribution in [-0.4, -0.2) is 28.2 Å². The minimum absolute atomic E-state index is 0.248. The molecular formula is C14H22ClNO3S. The Morgan fingerprint density at radius 1 is 1.10 bits per heavy atom. The summed E-state index contributed by atoms with van der Waals surface area (Å²) in [6.07, 6.45) is 3.91. The highest BCUT2D eigenvalue weighted by atomic mass is 35.5. The van der Waals surface area contributed by atoms with Crippen LogP contribution >= 0.6 is 11.6 Å². The van der Waals surface area contributed by atoms with Crippen LogP contribution in [0.25, 0.3) is 0 Å². The fraction of sp³-hybridized carbons (Fsp3) is 0.571. The number of sulfonamides is 1. The molecule has 1 rings (SSSR count). The van der Waals surface area contributed by atoms with Gasteiger partial charge in [0.05, 0.1) is 4.90 Å². The minimum Gasteiger partial charge on any atom is -0.382 e. The Balaban J connectivity index is 2.22. The van der Waals surface area contributed by atoms with Crippen LogP contribution in [0.2, 0.25) is 5.02 Å². The van der Waals surface area contributed by atoms with Crippen LogP contribution in [0.15, 0.2) is 29.2 Å². The lowest BCUT2D eigenvalue weighted by Gasteiger charge is -2.07. The van der Waals surface area contributed by atoms with E-state index in [1.807, 2.05) is 6.92 Å². The molecule has 0 atom stereocenters. The van der Waals surface area contributed by atoms with Crippen molar-refractivity contribution in [1.82, 2.24) is 4.72 Å². The Morgan fingerprint density at radius 3 is 2.40 bits per heavy atom. The van der Waals surface area contributed by atoms with E-state index in [0.717, 1.165) is 38.9 Å². The molecule has 0 aliphatic heterocycles. The van der Waals surface area contributed by atoms with Crippen molar-refractivity contribution in [2.45, 2.75) is 37.5 Å². The van der Waals surface area contributed by atoms with E-state index < -0.39 is 10.0 Å². The van der Waals surface area contributed by atoms with Gasteiger partial charge in [-0.05, 0) is 44.0 Å². The van der Waals surface area contributed by atoms with Crippen molar-refractivity contribution in [3.8, 4) is 0 Å². The quantitative estimate of drug-likeness (QED) is 0.674. The maximum atomic E-state index is 11.9. The molecule has 1 aromatic carbocycles. The summed E-state index contributed by atoms with van der Waals surface area (Å²) in [4.78, 5) is 0.248. The van der Waals surface area contributed by atoms with E-state index in [9.17, 15) is 8.42 Å². The molecule has 20 heavy (non-hydrogen) atoms. The Kier molecular flexibility index (Phi) is 8.14. The Labute approximate surface area is 126 Å². The van der Waals surface area contributed by atoms with Crippen molar-refractivity contribution >= 4 is 21.6 Å². The van der Waals surface area contributed by atoms with E-state index >= 15 is 0 Å². The van der Waals surface area contributed by atoms with E-state index in [2.05, 4.69) is 4.72 Å². The van der Waals surface area contributed by atoms with Gasteiger partial charge in [0.15, 0.2) is 0 Å². The van der Waals surface area contributed by atoms with Crippen molar-refractivity contribution in [2.24, 2.45) is 0 Å². The summed E-state index contributed by atoms with van der Waals surface area (Å²) in [5.74, 6) is 0. The average Bonchev–Trinajstić information content (AvgIpc) is 2.42. The van der Waals surface area contributed by atoms with Crippen LogP contribution in [0.1, 0.15) is 32.6 Å². The number of nitrogens with one attached hydrogen (secondary N) is 1. The summed E-state index contributed by atoms with van der Waals surface area (Å²) < 4.78 is 31.7. The monoisotopic (exact) mass is 319 g/mol. The molecule has 0 saturated heterocycles. The standard InChI is InChI=1S/C14H22ClNO3S/c1-2-19-12-6-4-3-5-11-16-20(17,18)14-9-7-13(15)8-10-14/h7-10,16H,2-6,11-12H2,1H3. The second kappa shape index (κ2) is 9.34. The van der Waals surface area contributed by atoms with Crippen LogP contribution in [0.3, 0.4) is 0 Å². The lowest BCUT2D eigenvalue weighted by atomic mass is 10.2. The summed E-state index contributed by atoms with van der Waals surface area (Å²) in [5.41, 5.74) is 0. The predicted molar refractivity (Wildman–Crippen MR) is 81.6 cm³/mol. The molecule has 0 unspecified atom stereocenters. The topological polar surface area (TPSA) is 55.4 Å². The molecule has 114 valence electrons. The molecule has 0 spiro atoms. The highest BCUT2D eigenvalue weighted by molar-refractivity contribution is 7.89. The fourth-order valence-electron chi connectivity index (χ4n) is 1.73. The molecule has 0 aliphatic rings. The molecule has 0 heterocycles. The molecular weight excluding hydrogens is 298 g/mol. The number of unbranched alkanes of at least 4 members (excludes halogenated alkanes) is 3. The lowest BCUT2D eigenvalue weighted by molar-refractivity contribution is 0.143. The zero-order valence-electron chi connectivity index (χ0n) is 11.8. The molecule has 0 aliphatic carbocycles. The Hall–Kier alpha value is -0.620. The smallest absolute Gasteiger partial charge is 0.240 e. The Bertz CT molecular complexity index is 474. The average molecular weight is 320 g/mol. The van der Waals surface area contributed by atoms with Gasteiger partial charge in [-0.2, -0.15) is 0 Å². The van der Waals surface area contributed by atoms with Crippen molar-refractivity contribution in [1.29, 1.82) is 0 Å². The molecule has 6 heteroatoms. The summed E-state index contributed by atoms with van der Waals surface area (Å²) >= 11 is 5.73. The van der Waals surface area contributed by atoms with Crippen molar-refractivity contribution in [3.05, 3.63) is 29.3 Å². The van der Waals surface area contributed by atoms with E-state index in [1.165, 1.54) is 12.1 Å². The third-order valence-corrected chi connectivity index (χ3v) is 4.56. The van der Waals surface area contributed by atoms with Gasteiger partial charge in [-0.25, -0.2) is 13.1 Å². The number of hydrogen-bond donors (Lipinski definition) is 1. The van der Waals surface area contributed by atoms with Gasteiger partial charge in [0.2, 0.25) is 10.0 Å². The predicted octanol–water partition coefficient (Wildman–Crippen LogP) is 3.22. The first-order chi connectivity index (χ1) is 9.56. The number of rotatable bonds is 10. The molecule has 0 bridgehead atoms. The fourth-order valence-corrected chi connectivity index (χ4v) is 2.93. The molecule has 0 radical (unpaired) electrons. The van der Waals surface area contributed by atoms with Crippen LogP contribution in [0, 0.1) is 0 Å². The maximum absolute atomic E-state index is 11.9. The zero-order chi connectivity index (χ0) is 14.8. The van der Waals surface area contributed by atoms with Crippen molar-refractivity contribution < 1.29 is 13.2 Å². The second-order valence-corrected chi connectivity index (χ2v) is 6.67. The zero-order valence-corrected chi connectivity index (χ0v) is 13.3. The maximum Gasteiger partial charge on any atom is 0.240 e. The van der Waals surface area contributed by atoms with Gasteiger partial charge in [0.1, 0.15) is 0 Å². The summed E-state index contributed by atoms with van der Waals surface area (Å²) in [5, 5.41) is 0.526. The third kappa shape index (κ3) is 6.70. The number of hydrogen-bond acceptors (Lipinski definition) is 3. The highest BCUT2D eigenvalue weighted by Gasteiger charge is 2.12. The van der Waals surface area contributed by atoms with E-state index in [-0.39, 0.29) is 4.90 Å². The van der Waals surface area contributed by atoms with Crippen LogP contribution in [0.5, 0.6) is 0 Å². The van der Waals surface area contributed by atoms with Gasteiger partial charge in [0, 0.05) is 24.8 Å². The van der Waals surface area contributed by atoms with Gasteiger partial charge in [0.25, 0.3) is 0 Å². The molecule has 4 nitrogen and oxygen atoms in total. The van der Waals surface area contributed by atoms with E-state index in [0.29, 0.717) is 11.6 Å². The van der Waals surface area contributed by atoms with Crippen molar-refractivity contribution in [3.63, 3.8) is 0 Å². The van der Waals surface area contributed by atoms with Gasteiger partial charge >= 0.3 is 0 Å².